The Labute approximate surface area is 165 Å². The van der Waals surface area contributed by atoms with Gasteiger partial charge in [-0.1, -0.05) is 29.8 Å². The molecule has 0 bridgehead atoms. The second-order valence-electron chi connectivity index (χ2n) is 6.35. The molecule has 1 heterocycles. The van der Waals surface area contributed by atoms with Crippen molar-refractivity contribution in [2.24, 2.45) is 0 Å². The highest BCUT2D eigenvalue weighted by molar-refractivity contribution is 6.34. The van der Waals surface area contributed by atoms with Gasteiger partial charge in [0.2, 0.25) is 5.91 Å². The van der Waals surface area contributed by atoms with Crippen LogP contribution in [0.5, 0.6) is 11.5 Å². The fourth-order valence-corrected chi connectivity index (χ4v) is 3.08. The van der Waals surface area contributed by atoms with E-state index in [2.05, 4.69) is 5.32 Å². The number of carbonyl (C=O) groups excluding carboxylic acids is 1. The highest BCUT2D eigenvalue weighted by Gasteiger charge is 2.33. The van der Waals surface area contributed by atoms with Crippen LogP contribution in [0.1, 0.15) is 11.1 Å². The summed E-state index contributed by atoms with van der Waals surface area (Å²) >= 11 is 6.15. The first-order chi connectivity index (χ1) is 13.2. The Kier molecular flexibility index (Phi) is 6.00. The molecule has 0 spiro atoms. The van der Waals surface area contributed by atoms with Crippen molar-refractivity contribution in [2.45, 2.75) is 12.7 Å². The molecule has 0 saturated heterocycles. The van der Waals surface area contributed by atoms with E-state index in [1.165, 1.54) is 23.1 Å². The van der Waals surface area contributed by atoms with Gasteiger partial charge in [-0.2, -0.15) is 13.2 Å². The van der Waals surface area contributed by atoms with E-state index in [0.29, 0.717) is 30.4 Å². The van der Waals surface area contributed by atoms with Crippen molar-refractivity contribution >= 4 is 23.2 Å². The zero-order valence-electron chi connectivity index (χ0n) is 15.0. The zero-order valence-corrected chi connectivity index (χ0v) is 15.7. The van der Waals surface area contributed by atoms with Gasteiger partial charge in [-0.15, -0.1) is 0 Å². The van der Waals surface area contributed by atoms with Gasteiger partial charge in [0.1, 0.15) is 13.2 Å². The number of likely N-dealkylation sites (N-methyl/N-ethyl adjacent to an activating group) is 1. The van der Waals surface area contributed by atoms with Gasteiger partial charge < -0.3 is 14.8 Å². The number of alkyl halides is 3. The van der Waals surface area contributed by atoms with E-state index < -0.39 is 17.6 Å². The van der Waals surface area contributed by atoms with Crippen LogP contribution >= 0.6 is 11.6 Å². The van der Waals surface area contributed by atoms with Crippen LogP contribution in [-0.2, 0) is 17.5 Å². The van der Waals surface area contributed by atoms with E-state index in [1.54, 1.807) is 19.2 Å². The summed E-state index contributed by atoms with van der Waals surface area (Å²) in [6, 6.07) is 8.41. The summed E-state index contributed by atoms with van der Waals surface area (Å²) in [5.41, 5.74) is -0.264. The normalized spacial score (nSPS) is 13.5. The molecule has 0 aliphatic carbocycles. The summed E-state index contributed by atoms with van der Waals surface area (Å²) in [5, 5.41) is 2.93. The van der Waals surface area contributed by atoms with Crippen molar-refractivity contribution in [1.29, 1.82) is 0 Å². The maximum absolute atomic E-state index is 13.1. The van der Waals surface area contributed by atoms with E-state index in [9.17, 15) is 18.0 Å². The standard InChI is InChI=1S/C19H18ClF3N2O3/c1-25(10-12-4-2-3-5-13(12)19(21,22)23)11-18(26)24-15-9-17-16(8-14(15)20)27-6-7-28-17/h2-5,8-9H,6-7,10-11H2,1H3,(H,24,26). The summed E-state index contributed by atoms with van der Waals surface area (Å²) in [4.78, 5) is 13.8. The van der Waals surface area contributed by atoms with Crippen LogP contribution in [0, 0.1) is 0 Å². The maximum Gasteiger partial charge on any atom is 0.416 e. The third kappa shape index (κ3) is 4.88. The second kappa shape index (κ2) is 8.28. The van der Waals surface area contributed by atoms with Crippen LogP contribution in [0.2, 0.25) is 5.02 Å². The number of amides is 1. The lowest BCUT2D eigenvalue weighted by molar-refractivity contribution is -0.138. The SMILES string of the molecule is CN(CC(=O)Nc1cc2c(cc1Cl)OCCO2)Cc1ccccc1C(F)(F)F. The molecule has 5 nitrogen and oxygen atoms in total. The highest BCUT2D eigenvalue weighted by Crippen LogP contribution is 2.38. The average molecular weight is 415 g/mol. The number of fused-ring (bicyclic) bond motifs is 1. The quantitative estimate of drug-likeness (QED) is 0.796. The van der Waals surface area contributed by atoms with E-state index in [4.69, 9.17) is 21.1 Å². The van der Waals surface area contributed by atoms with Gasteiger partial charge in [0.25, 0.3) is 0 Å². The van der Waals surface area contributed by atoms with Gasteiger partial charge in [-0.25, -0.2) is 0 Å². The van der Waals surface area contributed by atoms with Crippen molar-refractivity contribution in [3.8, 4) is 11.5 Å². The predicted octanol–water partition coefficient (Wildman–Crippen LogP) is 4.20. The molecule has 1 amide bonds. The third-order valence-electron chi connectivity index (χ3n) is 4.08. The fraction of sp³-hybridized carbons (Fsp3) is 0.316. The molecule has 1 aliphatic heterocycles. The molecule has 2 aromatic rings. The molecule has 0 radical (unpaired) electrons. The van der Waals surface area contributed by atoms with Crippen molar-refractivity contribution in [3.05, 3.63) is 52.5 Å². The molecule has 2 aromatic carbocycles. The lowest BCUT2D eigenvalue weighted by atomic mass is 10.1. The number of anilines is 1. The van der Waals surface area contributed by atoms with Crippen LogP contribution in [-0.4, -0.2) is 37.6 Å². The first-order valence-corrected chi connectivity index (χ1v) is 8.84. The molecule has 0 fully saturated rings. The van der Waals surface area contributed by atoms with Gasteiger partial charge >= 0.3 is 6.18 Å². The summed E-state index contributed by atoms with van der Waals surface area (Å²) in [6.07, 6.45) is -4.45. The number of rotatable bonds is 5. The van der Waals surface area contributed by atoms with Crippen molar-refractivity contribution in [3.63, 3.8) is 0 Å². The predicted molar refractivity (Wildman–Crippen MR) is 98.8 cm³/mol. The smallest absolute Gasteiger partial charge is 0.416 e. The molecule has 0 atom stereocenters. The summed E-state index contributed by atoms with van der Waals surface area (Å²) < 4.78 is 50.2. The van der Waals surface area contributed by atoms with Gasteiger partial charge in [0.15, 0.2) is 11.5 Å². The minimum atomic E-state index is -4.45. The lowest BCUT2D eigenvalue weighted by Crippen LogP contribution is -2.30. The number of ether oxygens (including phenoxy) is 2. The van der Waals surface area contributed by atoms with Gasteiger partial charge in [0.05, 0.1) is 22.8 Å². The van der Waals surface area contributed by atoms with Crippen LogP contribution in [0.3, 0.4) is 0 Å². The molecule has 150 valence electrons. The Morgan fingerprint density at radius 2 is 1.82 bits per heavy atom. The Balaban J connectivity index is 1.64. The summed E-state index contributed by atoms with van der Waals surface area (Å²) in [7, 11) is 1.57. The summed E-state index contributed by atoms with van der Waals surface area (Å²) in [6.45, 7) is 0.664. The minimum Gasteiger partial charge on any atom is -0.486 e. The van der Waals surface area contributed by atoms with Gasteiger partial charge in [0, 0.05) is 18.7 Å². The Bertz CT molecular complexity index is 874. The zero-order chi connectivity index (χ0) is 20.3. The molecule has 1 aliphatic rings. The largest absolute Gasteiger partial charge is 0.486 e. The molecule has 9 heteroatoms. The Morgan fingerprint density at radius 3 is 2.50 bits per heavy atom. The van der Waals surface area contributed by atoms with Crippen molar-refractivity contribution < 1.29 is 27.4 Å². The number of nitrogens with zero attached hydrogens (tertiary/aromatic N) is 1. The van der Waals surface area contributed by atoms with Crippen molar-refractivity contribution in [1.82, 2.24) is 4.90 Å². The molecule has 1 N–H and O–H groups in total. The third-order valence-corrected chi connectivity index (χ3v) is 4.40. The topological polar surface area (TPSA) is 50.8 Å². The maximum atomic E-state index is 13.1. The van der Waals surface area contributed by atoms with E-state index in [0.717, 1.165) is 6.07 Å². The molecule has 28 heavy (non-hydrogen) atoms. The van der Waals surface area contributed by atoms with E-state index in [-0.39, 0.29) is 23.7 Å². The van der Waals surface area contributed by atoms with Gasteiger partial charge in [-0.05, 0) is 18.7 Å². The highest BCUT2D eigenvalue weighted by atomic mass is 35.5. The molecular formula is C19H18ClF3N2O3. The Morgan fingerprint density at radius 1 is 1.18 bits per heavy atom. The number of nitrogens with one attached hydrogen (secondary N) is 1. The van der Waals surface area contributed by atoms with Gasteiger partial charge in [-0.3, -0.25) is 9.69 Å². The molecule has 0 aromatic heterocycles. The molecular weight excluding hydrogens is 397 g/mol. The average Bonchev–Trinajstić information content (AvgIpc) is 2.61. The van der Waals surface area contributed by atoms with Crippen LogP contribution < -0.4 is 14.8 Å². The number of halogens is 4. The molecule has 3 rings (SSSR count). The number of hydrogen-bond donors (Lipinski definition) is 1. The first kappa shape index (κ1) is 20.3. The summed E-state index contributed by atoms with van der Waals surface area (Å²) in [5.74, 6) is 0.555. The van der Waals surface area contributed by atoms with Crippen molar-refractivity contribution in [2.75, 3.05) is 32.1 Å². The number of carbonyl (C=O) groups is 1. The number of hydrogen-bond acceptors (Lipinski definition) is 4. The number of benzene rings is 2. The van der Waals surface area contributed by atoms with Crippen LogP contribution in [0.15, 0.2) is 36.4 Å². The van der Waals surface area contributed by atoms with Crippen LogP contribution in [0.4, 0.5) is 18.9 Å². The lowest BCUT2D eigenvalue weighted by Gasteiger charge is -2.21. The monoisotopic (exact) mass is 414 g/mol. The minimum absolute atomic E-state index is 0.0298. The first-order valence-electron chi connectivity index (χ1n) is 8.46. The van der Waals surface area contributed by atoms with E-state index >= 15 is 0 Å². The second-order valence-corrected chi connectivity index (χ2v) is 6.76. The van der Waals surface area contributed by atoms with E-state index in [1.807, 2.05) is 0 Å². The molecule has 0 saturated carbocycles. The van der Waals surface area contributed by atoms with Crippen LogP contribution in [0.25, 0.3) is 0 Å². The molecule has 0 unspecified atom stereocenters. The fourth-order valence-electron chi connectivity index (χ4n) is 2.88. The Hall–Kier alpha value is -2.45.